The van der Waals surface area contributed by atoms with Crippen LogP contribution in [0.4, 0.5) is 0 Å². The second-order valence-corrected chi connectivity index (χ2v) is 13.3. The fraction of sp³-hybridized carbons (Fsp3) is 0.343. The van der Waals surface area contributed by atoms with E-state index in [1.54, 1.807) is 44.8 Å². The third-order valence-electron chi connectivity index (χ3n) is 8.08. The standard InChI is InChI=1S/C35H37Cl2N3O6S/c1-40-15-13-24(14-16-40)45-35(42)33(22-7-5-4-6-8-22)39-19-25-10-12-32(47-25)34(41)46-30(18-26-27(36)20-38-21-28(26)37)23-9-11-29(43-2)31(17-23)44-3/h4-12,17,20-21,24,30,33,39H,13-16,18-19H2,1-3H3/p+1/t30-,33?/m0/s1. The van der Waals surface area contributed by atoms with Crippen molar-refractivity contribution in [3.63, 3.8) is 0 Å². The molecule has 1 fully saturated rings. The van der Waals surface area contributed by atoms with Gasteiger partial charge in [-0.3, -0.25) is 5.32 Å². The van der Waals surface area contributed by atoms with E-state index in [0.717, 1.165) is 36.4 Å². The number of H-pyrrole nitrogens is 1. The number of esters is 2. The minimum absolute atomic E-state index is 0.104. The second-order valence-electron chi connectivity index (χ2n) is 11.3. The fourth-order valence-corrected chi connectivity index (χ4v) is 6.80. The maximum Gasteiger partial charge on any atom is 0.348 e. The maximum atomic E-state index is 13.6. The number of benzene rings is 2. The number of likely N-dealkylation sites (tertiary alicyclic amines) is 1. The van der Waals surface area contributed by atoms with Gasteiger partial charge in [0.1, 0.15) is 33.2 Å². The molecule has 0 saturated carbocycles. The number of carbonyl (C=O) groups is 2. The van der Waals surface area contributed by atoms with E-state index in [1.165, 1.54) is 11.3 Å². The minimum atomic E-state index is -0.736. The summed E-state index contributed by atoms with van der Waals surface area (Å²) in [6, 6.07) is 17.8. The third-order valence-corrected chi connectivity index (χ3v) is 9.81. The van der Waals surface area contributed by atoms with Crippen LogP contribution in [0.2, 0.25) is 10.0 Å². The zero-order valence-corrected chi connectivity index (χ0v) is 28.8. The Morgan fingerprint density at radius 1 is 0.957 bits per heavy atom. The number of ether oxygens (including phenoxy) is 4. The average molecular weight is 700 g/mol. The van der Waals surface area contributed by atoms with Gasteiger partial charge >= 0.3 is 11.9 Å². The molecule has 9 nitrogen and oxygen atoms in total. The number of thiophene rings is 1. The Balaban J connectivity index is 1.31. The highest BCUT2D eigenvalue weighted by Gasteiger charge is 2.28. The highest BCUT2D eigenvalue weighted by atomic mass is 35.5. The molecule has 2 aromatic carbocycles. The van der Waals surface area contributed by atoms with E-state index >= 15 is 0 Å². The molecule has 3 heterocycles. The molecule has 2 N–H and O–H groups in total. The first-order chi connectivity index (χ1) is 22.7. The third kappa shape index (κ3) is 9.03. The first-order valence-corrected chi connectivity index (χ1v) is 16.9. The van der Waals surface area contributed by atoms with Crippen LogP contribution in [0.25, 0.3) is 0 Å². The van der Waals surface area contributed by atoms with Gasteiger partial charge in [-0.05, 0) is 55.3 Å². The van der Waals surface area contributed by atoms with E-state index in [-0.39, 0.29) is 18.5 Å². The summed E-state index contributed by atoms with van der Waals surface area (Å²) in [5.74, 6) is 0.232. The second kappa shape index (κ2) is 16.4. The zero-order chi connectivity index (χ0) is 33.3. The fourth-order valence-electron chi connectivity index (χ4n) is 5.43. The number of aromatic nitrogens is 1. The SMILES string of the molecule is COc1ccc([C@H](Cc2c(Cl)c[nH+]cc2Cl)OC(=O)c2ccc(CNC(C(=O)OC3CCN(C)CC3)c3ccccc3)s2)cc1OC. The molecule has 0 amide bonds. The summed E-state index contributed by atoms with van der Waals surface area (Å²) >= 11 is 14.2. The van der Waals surface area contributed by atoms with Crippen LogP contribution in [0.15, 0.2) is 73.1 Å². The molecule has 1 aliphatic rings. The molecular weight excluding hydrogens is 661 g/mol. The predicted octanol–water partition coefficient (Wildman–Crippen LogP) is 6.50. The topological polar surface area (TPSA) is 100 Å². The van der Waals surface area contributed by atoms with E-state index in [4.69, 9.17) is 42.1 Å². The highest BCUT2D eigenvalue weighted by molar-refractivity contribution is 7.13. The largest absolute Gasteiger partial charge is 0.493 e. The van der Waals surface area contributed by atoms with Crippen LogP contribution < -0.4 is 19.8 Å². The number of carbonyl (C=O) groups excluding carboxylic acids is 2. The summed E-state index contributed by atoms with van der Waals surface area (Å²) in [4.78, 5) is 33.3. The van der Waals surface area contributed by atoms with Crippen LogP contribution in [0, 0.1) is 0 Å². The van der Waals surface area contributed by atoms with Gasteiger partial charge in [0.25, 0.3) is 0 Å². The van der Waals surface area contributed by atoms with Crippen molar-refractivity contribution in [1.82, 2.24) is 10.2 Å². The summed E-state index contributed by atoms with van der Waals surface area (Å²) in [6.45, 7) is 2.14. The molecule has 12 heteroatoms. The summed E-state index contributed by atoms with van der Waals surface area (Å²) in [5, 5.41) is 4.20. The summed E-state index contributed by atoms with van der Waals surface area (Å²) in [7, 11) is 5.17. The van der Waals surface area contributed by atoms with Crippen molar-refractivity contribution in [2.75, 3.05) is 34.4 Å². The molecule has 2 aromatic heterocycles. The van der Waals surface area contributed by atoms with Crippen molar-refractivity contribution in [3.8, 4) is 11.5 Å². The molecule has 47 heavy (non-hydrogen) atoms. The van der Waals surface area contributed by atoms with Crippen molar-refractivity contribution in [2.45, 2.75) is 44.1 Å². The number of hydrogen-bond acceptors (Lipinski definition) is 9. The smallest absolute Gasteiger partial charge is 0.348 e. The quantitative estimate of drug-likeness (QED) is 0.158. The number of aromatic amines is 1. The first-order valence-electron chi connectivity index (χ1n) is 15.3. The van der Waals surface area contributed by atoms with Crippen molar-refractivity contribution in [3.05, 3.63) is 110 Å². The molecule has 248 valence electrons. The lowest BCUT2D eigenvalue weighted by molar-refractivity contribution is -0.377. The van der Waals surface area contributed by atoms with Gasteiger partial charge < -0.3 is 23.8 Å². The zero-order valence-electron chi connectivity index (χ0n) is 26.5. The normalized spacial score (nSPS) is 15.1. The number of piperidine rings is 1. The Hall–Kier alpha value is -3.67. The Morgan fingerprint density at radius 3 is 2.34 bits per heavy atom. The summed E-state index contributed by atoms with van der Waals surface area (Å²) < 4.78 is 22.9. The van der Waals surface area contributed by atoms with Crippen LogP contribution >= 0.6 is 34.5 Å². The molecule has 1 saturated heterocycles. The molecule has 0 spiro atoms. The molecule has 5 rings (SSSR count). The van der Waals surface area contributed by atoms with Crippen molar-refractivity contribution >= 4 is 46.5 Å². The van der Waals surface area contributed by atoms with Crippen molar-refractivity contribution in [1.29, 1.82) is 0 Å². The molecule has 4 aromatic rings. The van der Waals surface area contributed by atoms with Crippen LogP contribution in [-0.4, -0.2) is 57.3 Å². The van der Waals surface area contributed by atoms with E-state index in [9.17, 15) is 9.59 Å². The number of hydrogen-bond donors (Lipinski definition) is 1. The van der Waals surface area contributed by atoms with Gasteiger partial charge in [0.15, 0.2) is 23.9 Å². The maximum absolute atomic E-state index is 13.6. The molecule has 0 bridgehead atoms. The monoisotopic (exact) mass is 698 g/mol. The Bertz CT molecular complexity index is 1640. The minimum Gasteiger partial charge on any atom is -0.493 e. The van der Waals surface area contributed by atoms with Crippen molar-refractivity contribution < 1.29 is 33.5 Å². The van der Waals surface area contributed by atoms with Crippen LogP contribution in [0.1, 0.15) is 56.2 Å². The van der Waals surface area contributed by atoms with E-state index < -0.39 is 18.1 Å². The first kappa shape index (κ1) is 34.7. The number of nitrogens with one attached hydrogen (secondary N) is 2. The van der Waals surface area contributed by atoms with Crippen LogP contribution in [0.5, 0.6) is 11.5 Å². The molecular formula is C35H38Cl2N3O6S+. The van der Waals surface area contributed by atoms with Crippen LogP contribution in [-0.2, 0) is 27.2 Å². The van der Waals surface area contributed by atoms with Gasteiger partial charge in [-0.15, -0.1) is 11.3 Å². The van der Waals surface area contributed by atoms with Gasteiger partial charge in [-0.2, -0.15) is 0 Å². The van der Waals surface area contributed by atoms with E-state index in [0.29, 0.717) is 44.1 Å². The summed E-state index contributed by atoms with van der Waals surface area (Å²) in [5.41, 5.74) is 2.13. The lowest BCUT2D eigenvalue weighted by atomic mass is 10.0. The average Bonchev–Trinajstić information content (AvgIpc) is 3.56. The number of pyridine rings is 1. The number of methoxy groups -OCH3 is 2. The van der Waals surface area contributed by atoms with Gasteiger partial charge in [0, 0.05) is 36.5 Å². The number of halogens is 2. The Labute approximate surface area is 288 Å². The number of rotatable bonds is 13. The Kier molecular flexibility index (Phi) is 12.1. The lowest BCUT2D eigenvalue weighted by Crippen LogP contribution is -2.38. The predicted molar refractivity (Wildman–Crippen MR) is 181 cm³/mol. The highest BCUT2D eigenvalue weighted by Crippen LogP contribution is 2.36. The van der Waals surface area contributed by atoms with Gasteiger partial charge in [-0.1, -0.05) is 59.6 Å². The molecule has 1 aliphatic heterocycles. The van der Waals surface area contributed by atoms with Crippen molar-refractivity contribution in [2.24, 2.45) is 0 Å². The van der Waals surface area contributed by atoms with Crippen LogP contribution in [0.3, 0.4) is 0 Å². The molecule has 1 unspecified atom stereocenters. The Morgan fingerprint density at radius 2 is 1.66 bits per heavy atom. The van der Waals surface area contributed by atoms with Gasteiger partial charge in [-0.25, -0.2) is 14.6 Å². The van der Waals surface area contributed by atoms with E-state index in [2.05, 4.69) is 22.2 Å². The number of nitrogens with zero attached hydrogens (tertiary/aromatic N) is 1. The molecule has 2 atom stereocenters. The van der Waals surface area contributed by atoms with E-state index in [1.807, 2.05) is 42.5 Å². The molecule has 0 radical (unpaired) electrons. The molecule has 0 aliphatic carbocycles. The summed E-state index contributed by atoms with van der Waals surface area (Å²) in [6.07, 6.45) is 4.26. The van der Waals surface area contributed by atoms with Gasteiger partial charge in [0.05, 0.1) is 14.2 Å². The lowest BCUT2D eigenvalue weighted by Gasteiger charge is -2.30. The van der Waals surface area contributed by atoms with Gasteiger partial charge in [0.2, 0.25) is 0 Å².